The number of carbonyl (C=O) groups is 2. The van der Waals surface area contributed by atoms with Gasteiger partial charge in [0.2, 0.25) is 11.8 Å². The molecule has 2 aliphatic rings. The Morgan fingerprint density at radius 2 is 2.19 bits per heavy atom. The SMILES string of the molecule is CCC(c1nccs1)N1C(=O)C2CCCCN2C(=O)C1C. The zero-order valence-electron chi connectivity index (χ0n) is 12.5. The number of nitrogens with zero attached hydrogens (tertiary/aromatic N) is 3. The van der Waals surface area contributed by atoms with Crippen LogP contribution in [0.25, 0.3) is 0 Å². The van der Waals surface area contributed by atoms with Crippen LogP contribution in [0.2, 0.25) is 0 Å². The molecule has 2 aliphatic heterocycles. The molecule has 2 fully saturated rings. The highest BCUT2D eigenvalue weighted by Gasteiger charge is 2.47. The zero-order valence-corrected chi connectivity index (χ0v) is 13.3. The fourth-order valence-electron chi connectivity index (χ4n) is 3.49. The van der Waals surface area contributed by atoms with Crippen LogP contribution in [0.3, 0.4) is 0 Å². The van der Waals surface area contributed by atoms with Gasteiger partial charge in [-0.3, -0.25) is 9.59 Å². The van der Waals surface area contributed by atoms with Gasteiger partial charge in [0.05, 0.1) is 6.04 Å². The number of piperidine rings is 1. The summed E-state index contributed by atoms with van der Waals surface area (Å²) >= 11 is 1.55. The summed E-state index contributed by atoms with van der Waals surface area (Å²) in [6, 6.07) is -0.724. The average Bonchev–Trinajstić information content (AvgIpc) is 3.03. The van der Waals surface area contributed by atoms with Crippen LogP contribution in [0.5, 0.6) is 0 Å². The number of aromatic nitrogens is 1. The van der Waals surface area contributed by atoms with Crippen LogP contribution in [0.1, 0.15) is 50.6 Å². The Hall–Kier alpha value is -1.43. The number of hydrogen-bond acceptors (Lipinski definition) is 4. The molecule has 21 heavy (non-hydrogen) atoms. The molecule has 0 aliphatic carbocycles. The van der Waals surface area contributed by atoms with Crippen LogP contribution >= 0.6 is 11.3 Å². The van der Waals surface area contributed by atoms with Crippen LogP contribution < -0.4 is 0 Å². The quantitative estimate of drug-likeness (QED) is 0.860. The predicted molar refractivity (Wildman–Crippen MR) is 80.8 cm³/mol. The molecule has 3 atom stereocenters. The van der Waals surface area contributed by atoms with E-state index in [4.69, 9.17) is 0 Å². The van der Waals surface area contributed by atoms with Crippen molar-refractivity contribution in [2.45, 2.75) is 57.7 Å². The highest BCUT2D eigenvalue weighted by Crippen LogP contribution is 2.34. The topological polar surface area (TPSA) is 53.5 Å². The summed E-state index contributed by atoms with van der Waals surface area (Å²) in [4.78, 5) is 33.5. The van der Waals surface area contributed by atoms with Crippen LogP contribution in [-0.2, 0) is 9.59 Å². The Balaban J connectivity index is 1.93. The summed E-state index contributed by atoms with van der Waals surface area (Å²) in [7, 11) is 0. The van der Waals surface area contributed by atoms with Crippen LogP contribution in [0.4, 0.5) is 0 Å². The molecular weight excluding hydrogens is 286 g/mol. The van der Waals surface area contributed by atoms with E-state index in [0.29, 0.717) is 0 Å². The first-order valence-corrected chi connectivity index (χ1v) is 8.55. The van der Waals surface area contributed by atoms with Gasteiger partial charge in [-0.15, -0.1) is 11.3 Å². The summed E-state index contributed by atoms with van der Waals surface area (Å²) in [6.45, 7) is 4.62. The minimum Gasteiger partial charge on any atom is -0.329 e. The lowest BCUT2D eigenvalue weighted by atomic mass is 9.94. The van der Waals surface area contributed by atoms with Crippen molar-refractivity contribution in [2.24, 2.45) is 0 Å². The summed E-state index contributed by atoms with van der Waals surface area (Å²) < 4.78 is 0. The first-order chi connectivity index (χ1) is 10.1. The average molecular weight is 307 g/mol. The van der Waals surface area contributed by atoms with Gasteiger partial charge in [0.15, 0.2) is 0 Å². The maximum atomic E-state index is 12.9. The van der Waals surface area contributed by atoms with E-state index in [1.807, 2.05) is 19.2 Å². The molecule has 1 aromatic heterocycles. The largest absolute Gasteiger partial charge is 0.329 e. The normalized spacial score (nSPS) is 27.7. The highest BCUT2D eigenvalue weighted by molar-refractivity contribution is 7.09. The van der Waals surface area contributed by atoms with E-state index in [0.717, 1.165) is 37.2 Å². The van der Waals surface area contributed by atoms with Crippen LogP contribution in [0, 0.1) is 0 Å². The third kappa shape index (κ3) is 2.35. The van der Waals surface area contributed by atoms with Crippen molar-refractivity contribution in [2.75, 3.05) is 6.54 Å². The smallest absolute Gasteiger partial charge is 0.246 e. The van der Waals surface area contributed by atoms with E-state index in [9.17, 15) is 9.59 Å². The number of carbonyl (C=O) groups excluding carboxylic acids is 2. The third-order valence-corrected chi connectivity index (χ3v) is 5.44. The van der Waals surface area contributed by atoms with E-state index in [2.05, 4.69) is 4.98 Å². The minimum atomic E-state index is -0.388. The Labute approximate surface area is 129 Å². The van der Waals surface area contributed by atoms with Gasteiger partial charge in [-0.1, -0.05) is 6.92 Å². The standard InChI is InChI=1S/C15H21N3O2S/c1-3-11(13-16-7-9-21-13)18-10(2)14(19)17-8-5-4-6-12(17)15(18)20/h7,9-12H,3-6,8H2,1-2H3. The molecule has 3 heterocycles. The summed E-state index contributed by atoms with van der Waals surface area (Å²) in [5.41, 5.74) is 0. The molecule has 0 spiro atoms. The fourth-order valence-corrected chi connectivity index (χ4v) is 4.31. The second kappa shape index (κ2) is 5.75. The fraction of sp³-hybridized carbons (Fsp3) is 0.667. The van der Waals surface area contributed by atoms with Crippen molar-refractivity contribution in [3.8, 4) is 0 Å². The highest BCUT2D eigenvalue weighted by atomic mass is 32.1. The number of fused-ring (bicyclic) bond motifs is 1. The molecule has 0 bridgehead atoms. The van der Waals surface area contributed by atoms with Crippen molar-refractivity contribution in [3.05, 3.63) is 16.6 Å². The molecule has 0 radical (unpaired) electrons. The molecule has 0 N–H and O–H groups in total. The minimum absolute atomic E-state index is 0.0828. The second-order valence-corrected chi connectivity index (χ2v) is 6.69. The van der Waals surface area contributed by atoms with Gasteiger partial charge in [0, 0.05) is 18.1 Å². The molecule has 2 saturated heterocycles. The number of piperazine rings is 1. The number of amides is 2. The van der Waals surface area contributed by atoms with Gasteiger partial charge in [-0.05, 0) is 32.6 Å². The van der Waals surface area contributed by atoms with Crippen molar-refractivity contribution in [3.63, 3.8) is 0 Å². The first-order valence-electron chi connectivity index (χ1n) is 7.67. The predicted octanol–water partition coefficient (Wildman–Crippen LogP) is 2.21. The Kier molecular flexibility index (Phi) is 3.97. The summed E-state index contributed by atoms with van der Waals surface area (Å²) in [5, 5.41) is 2.85. The lowest BCUT2D eigenvalue weighted by molar-refractivity contribution is -0.166. The maximum Gasteiger partial charge on any atom is 0.246 e. The van der Waals surface area contributed by atoms with Gasteiger partial charge in [0.25, 0.3) is 0 Å². The van der Waals surface area contributed by atoms with Gasteiger partial charge in [-0.25, -0.2) is 4.98 Å². The van der Waals surface area contributed by atoms with Crippen molar-refractivity contribution >= 4 is 23.2 Å². The monoisotopic (exact) mass is 307 g/mol. The third-order valence-electron chi connectivity index (χ3n) is 4.56. The van der Waals surface area contributed by atoms with Crippen molar-refractivity contribution in [1.29, 1.82) is 0 Å². The van der Waals surface area contributed by atoms with E-state index in [1.165, 1.54) is 0 Å². The molecule has 3 rings (SSSR count). The Morgan fingerprint density at radius 1 is 1.38 bits per heavy atom. The molecule has 3 unspecified atom stereocenters. The van der Waals surface area contributed by atoms with Gasteiger partial charge in [0.1, 0.15) is 17.1 Å². The lowest BCUT2D eigenvalue weighted by Crippen LogP contribution is -2.65. The van der Waals surface area contributed by atoms with E-state index in [-0.39, 0.29) is 29.9 Å². The molecule has 2 amide bonds. The number of thiazole rings is 1. The van der Waals surface area contributed by atoms with Crippen molar-refractivity contribution in [1.82, 2.24) is 14.8 Å². The zero-order chi connectivity index (χ0) is 15.0. The van der Waals surface area contributed by atoms with E-state index >= 15 is 0 Å². The molecule has 5 nitrogen and oxygen atoms in total. The van der Waals surface area contributed by atoms with Crippen LogP contribution in [0.15, 0.2) is 11.6 Å². The number of hydrogen-bond donors (Lipinski definition) is 0. The first kappa shape index (κ1) is 14.5. The van der Waals surface area contributed by atoms with Crippen molar-refractivity contribution < 1.29 is 9.59 Å². The molecule has 0 aromatic carbocycles. The van der Waals surface area contributed by atoms with Crippen LogP contribution in [-0.4, -0.2) is 45.2 Å². The van der Waals surface area contributed by atoms with E-state index in [1.54, 1.807) is 27.3 Å². The number of rotatable bonds is 3. The van der Waals surface area contributed by atoms with Gasteiger partial charge < -0.3 is 9.80 Å². The molecule has 1 aromatic rings. The van der Waals surface area contributed by atoms with Gasteiger partial charge in [-0.2, -0.15) is 0 Å². The molecular formula is C15H21N3O2S. The lowest BCUT2D eigenvalue weighted by Gasteiger charge is -2.48. The summed E-state index contributed by atoms with van der Waals surface area (Å²) in [6.07, 6.45) is 5.37. The molecule has 0 saturated carbocycles. The maximum absolute atomic E-state index is 12.9. The summed E-state index contributed by atoms with van der Waals surface area (Å²) in [5.74, 6) is 0.193. The van der Waals surface area contributed by atoms with Gasteiger partial charge >= 0.3 is 0 Å². The molecule has 6 heteroatoms. The Morgan fingerprint density at radius 3 is 2.86 bits per heavy atom. The molecule has 114 valence electrons. The van der Waals surface area contributed by atoms with E-state index < -0.39 is 0 Å². The Bertz CT molecular complexity index is 531. The second-order valence-electron chi connectivity index (χ2n) is 5.76.